The summed E-state index contributed by atoms with van der Waals surface area (Å²) in [6.07, 6.45) is 1.11. The number of fused-ring (bicyclic) bond motifs is 1. The molecular formula is C28H37N5O5. The maximum atomic E-state index is 13.5. The number of para-hydroxylation sites is 2. The Morgan fingerprint density at radius 3 is 2.76 bits per heavy atom. The van der Waals surface area contributed by atoms with Gasteiger partial charge in [0.2, 0.25) is 5.88 Å². The summed E-state index contributed by atoms with van der Waals surface area (Å²) in [5.74, 6) is 6.38. The number of rotatable bonds is 7. The number of hydrogen-bond acceptors (Lipinski definition) is 7. The van der Waals surface area contributed by atoms with Crippen molar-refractivity contribution in [3.8, 4) is 23.5 Å². The van der Waals surface area contributed by atoms with E-state index in [0.717, 1.165) is 0 Å². The van der Waals surface area contributed by atoms with Crippen LogP contribution in [-0.2, 0) is 0 Å². The first-order valence-electron chi connectivity index (χ1n) is 12.5. The Bertz CT molecular complexity index is 1190. The lowest BCUT2D eigenvalue weighted by molar-refractivity contribution is 0.0356. The molecule has 3 rings (SSSR count). The number of benzene rings is 1. The van der Waals surface area contributed by atoms with Crippen LogP contribution in [0, 0.1) is 17.8 Å². The number of ether oxygens (including phenoxy) is 2. The Kier molecular flexibility index (Phi) is 9.93. The van der Waals surface area contributed by atoms with Crippen molar-refractivity contribution < 1.29 is 24.2 Å². The van der Waals surface area contributed by atoms with Crippen molar-refractivity contribution in [1.82, 2.24) is 19.7 Å². The van der Waals surface area contributed by atoms with Gasteiger partial charge >= 0.3 is 6.03 Å². The van der Waals surface area contributed by atoms with E-state index in [4.69, 9.17) is 9.47 Å². The average molecular weight is 524 g/mol. The number of aliphatic hydroxyl groups excluding tert-OH is 1. The molecule has 38 heavy (non-hydrogen) atoms. The van der Waals surface area contributed by atoms with Crippen molar-refractivity contribution in [2.45, 2.75) is 26.0 Å². The molecule has 2 N–H and O–H groups in total. The predicted molar refractivity (Wildman–Crippen MR) is 145 cm³/mol. The van der Waals surface area contributed by atoms with Crippen LogP contribution >= 0.6 is 0 Å². The van der Waals surface area contributed by atoms with Crippen LogP contribution in [0.25, 0.3) is 0 Å². The van der Waals surface area contributed by atoms with Crippen molar-refractivity contribution in [3.63, 3.8) is 0 Å². The molecule has 0 saturated carbocycles. The molecule has 0 radical (unpaired) electrons. The molecule has 0 saturated heterocycles. The lowest BCUT2D eigenvalue weighted by Crippen LogP contribution is -2.50. The van der Waals surface area contributed by atoms with Gasteiger partial charge in [-0.15, -0.1) is 0 Å². The first kappa shape index (κ1) is 28.8. The van der Waals surface area contributed by atoms with Gasteiger partial charge in [-0.3, -0.25) is 9.69 Å². The van der Waals surface area contributed by atoms with Gasteiger partial charge in [0.1, 0.15) is 17.4 Å². The molecule has 0 aliphatic carbocycles. The van der Waals surface area contributed by atoms with Crippen LogP contribution in [0.3, 0.4) is 0 Å². The van der Waals surface area contributed by atoms with E-state index < -0.39 is 12.1 Å². The number of pyridine rings is 1. The highest BCUT2D eigenvalue weighted by atomic mass is 16.5. The second-order valence-electron chi connectivity index (χ2n) is 9.75. The molecule has 10 nitrogen and oxygen atoms in total. The number of anilines is 1. The van der Waals surface area contributed by atoms with Gasteiger partial charge in [-0.05, 0) is 39.2 Å². The Morgan fingerprint density at radius 2 is 2.08 bits per heavy atom. The molecule has 3 amide bonds. The molecule has 1 aromatic heterocycles. The molecule has 0 spiro atoms. The standard InChI is InChI=1S/C28H37N5O5/c1-19-16-33(20(2)18-34)27(35)22-14-21(10-9-13-31(3)4)15-29-26(22)38-25(19)17-32(5)28(36)30-23-11-7-8-12-24(23)37-6/h7-8,11-12,14-15,19-20,25,34H,13,16-18H2,1-6H3,(H,30,36)/t19-,20-,25+/m1/s1. The third kappa shape index (κ3) is 7.15. The Balaban J connectivity index is 1.87. The number of urea groups is 1. The van der Waals surface area contributed by atoms with E-state index in [9.17, 15) is 14.7 Å². The van der Waals surface area contributed by atoms with Gasteiger partial charge < -0.3 is 29.7 Å². The van der Waals surface area contributed by atoms with Gasteiger partial charge in [-0.1, -0.05) is 30.9 Å². The first-order valence-corrected chi connectivity index (χ1v) is 12.5. The molecule has 1 aliphatic heterocycles. The molecule has 3 atom stereocenters. The molecule has 0 fully saturated rings. The number of amides is 3. The van der Waals surface area contributed by atoms with Crippen molar-refractivity contribution in [1.29, 1.82) is 0 Å². The molecule has 0 bridgehead atoms. The van der Waals surface area contributed by atoms with Crippen molar-refractivity contribution in [2.75, 3.05) is 59.8 Å². The fourth-order valence-corrected chi connectivity index (χ4v) is 4.00. The van der Waals surface area contributed by atoms with E-state index in [1.165, 1.54) is 4.90 Å². The van der Waals surface area contributed by atoms with Crippen molar-refractivity contribution in [2.24, 2.45) is 5.92 Å². The summed E-state index contributed by atoms with van der Waals surface area (Å²) in [5.41, 5.74) is 1.43. The minimum Gasteiger partial charge on any atom is -0.495 e. The molecular weight excluding hydrogens is 486 g/mol. The highest BCUT2D eigenvalue weighted by Gasteiger charge is 2.34. The zero-order chi connectivity index (χ0) is 27.8. The number of nitrogens with zero attached hydrogens (tertiary/aromatic N) is 4. The van der Waals surface area contributed by atoms with Gasteiger partial charge in [-0.25, -0.2) is 9.78 Å². The Hall–Kier alpha value is -3.81. The minimum absolute atomic E-state index is 0.163. The number of hydrogen-bond donors (Lipinski definition) is 2. The minimum atomic E-state index is -0.471. The quantitative estimate of drug-likeness (QED) is 0.537. The number of likely N-dealkylation sites (N-methyl/N-ethyl adjacent to an activating group) is 1. The van der Waals surface area contributed by atoms with E-state index in [-0.39, 0.29) is 42.5 Å². The number of methoxy groups -OCH3 is 1. The summed E-state index contributed by atoms with van der Waals surface area (Å²) in [4.78, 5) is 36.1. The third-order valence-electron chi connectivity index (χ3n) is 6.30. The molecule has 2 aromatic rings. The Morgan fingerprint density at radius 1 is 1.34 bits per heavy atom. The van der Waals surface area contributed by atoms with Crippen LogP contribution in [0.4, 0.5) is 10.5 Å². The van der Waals surface area contributed by atoms with E-state index in [1.807, 2.05) is 38.1 Å². The summed E-state index contributed by atoms with van der Waals surface area (Å²) in [6, 6.07) is 8.11. The zero-order valence-electron chi connectivity index (χ0n) is 22.9. The number of nitrogens with one attached hydrogen (secondary N) is 1. The van der Waals surface area contributed by atoms with Gasteiger partial charge in [-0.2, -0.15) is 0 Å². The van der Waals surface area contributed by atoms with E-state index >= 15 is 0 Å². The first-order chi connectivity index (χ1) is 18.1. The van der Waals surface area contributed by atoms with Gasteiger partial charge in [0.15, 0.2) is 0 Å². The van der Waals surface area contributed by atoms with Crippen LogP contribution < -0.4 is 14.8 Å². The highest BCUT2D eigenvalue weighted by molar-refractivity contribution is 5.97. The normalized spacial score (nSPS) is 17.8. The zero-order valence-corrected chi connectivity index (χ0v) is 22.9. The summed E-state index contributed by atoms with van der Waals surface area (Å²) in [6.45, 7) is 4.70. The number of aromatic nitrogens is 1. The fraction of sp³-hybridized carbons (Fsp3) is 0.464. The van der Waals surface area contributed by atoms with Crippen molar-refractivity contribution >= 4 is 17.6 Å². The number of aliphatic hydroxyl groups is 1. The van der Waals surface area contributed by atoms with E-state index in [0.29, 0.717) is 30.1 Å². The maximum Gasteiger partial charge on any atom is 0.321 e. The van der Waals surface area contributed by atoms with Crippen LogP contribution in [0.2, 0.25) is 0 Å². The van der Waals surface area contributed by atoms with Gasteiger partial charge in [0.25, 0.3) is 5.91 Å². The summed E-state index contributed by atoms with van der Waals surface area (Å²) in [5, 5.41) is 12.7. The largest absolute Gasteiger partial charge is 0.495 e. The van der Waals surface area contributed by atoms with Crippen LogP contribution in [-0.4, -0.2) is 103 Å². The topological polar surface area (TPSA) is 107 Å². The number of carbonyl (C=O) groups excluding carboxylic acids is 2. The fourth-order valence-electron chi connectivity index (χ4n) is 4.00. The van der Waals surface area contributed by atoms with Crippen molar-refractivity contribution in [3.05, 3.63) is 47.7 Å². The molecule has 2 heterocycles. The lowest BCUT2D eigenvalue weighted by atomic mass is 10.00. The van der Waals surface area contributed by atoms with Crippen LogP contribution in [0.5, 0.6) is 11.6 Å². The monoisotopic (exact) mass is 523 g/mol. The summed E-state index contributed by atoms with van der Waals surface area (Å²) >= 11 is 0. The highest BCUT2D eigenvalue weighted by Crippen LogP contribution is 2.28. The van der Waals surface area contributed by atoms with Crippen LogP contribution in [0.1, 0.15) is 29.8 Å². The number of carbonyl (C=O) groups is 2. The molecule has 1 aliphatic rings. The van der Waals surface area contributed by atoms with Gasteiger partial charge in [0.05, 0.1) is 38.5 Å². The molecule has 1 aromatic carbocycles. The molecule has 10 heteroatoms. The average Bonchev–Trinajstić information content (AvgIpc) is 2.90. The summed E-state index contributed by atoms with van der Waals surface area (Å²) < 4.78 is 11.6. The predicted octanol–water partition coefficient (Wildman–Crippen LogP) is 2.39. The Labute approximate surface area is 224 Å². The maximum absolute atomic E-state index is 13.5. The van der Waals surface area contributed by atoms with E-state index in [1.54, 1.807) is 50.4 Å². The second-order valence-corrected chi connectivity index (χ2v) is 9.75. The van der Waals surface area contributed by atoms with Crippen LogP contribution in [0.15, 0.2) is 36.5 Å². The molecule has 204 valence electrons. The SMILES string of the molecule is COc1ccccc1NC(=O)N(C)C[C@@H]1Oc2ncc(C#CCN(C)C)cc2C(=O)N([C@H](C)CO)C[C@H]1C. The van der Waals surface area contributed by atoms with E-state index in [2.05, 4.69) is 22.1 Å². The third-order valence-corrected chi connectivity index (χ3v) is 6.30. The smallest absolute Gasteiger partial charge is 0.321 e. The lowest BCUT2D eigenvalue weighted by Gasteiger charge is -2.37. The molecule has 0 unspecified atom stereocenters. The second kappa shape index (κ2) is 13.1. The summed E-state index contributed by atoms with van der Waals surface area (Å²) in [7, 11) is 7.07. The van der Waals surface area contributed by atoms with Gasteiger partial charge in [0, 0.05) is 31.3 Å².